The van der Waals surface area contributed by atoms with E-state index in [1.54, 1.807) is 0 Å². The predicted octanol–water partition coefficient (Wildman–Crippen LogP) is 4.29. The molecule has 0 spiro atoms. The lowest BCUT2D eigenvalue weighted by Gasteiger charge is -2.15. The Balaban J connectivity index is 1.68. The number of benzene rings is 2. The van der Waals surface area contributed by atoms with E-state index < -0.39 is 43.2 Å². The first-order valence-electron chi connectivity index (χ1n) is 10.2. The minimum Gasteiger partial charge on any atom is -0.405 e. The van der Waals surface area contributed by atoms with Crippen molar-refractivity contribution in [2.24, 2.45) is 0 Å². The molecule has 0 aliphatic heterocycles. The summed E-state index contributed by atoms with van der Waals surface area (Å²) in [5.41, 5.74) is -0.990. The zero-order chi connectivity index (χ0) is 27.0. The van der Waals surface area contributed by atoms with Crippen LogP contribution in [0, 0.1) is 0 Å². The fourth-order valence-electron chi connectivity index (χ4n) is 3.22. The molecule has 9 nitrogen and oxygen atoms in total. The number of halogens is 7. The Morgan fingerprint density at radius 1 is 1.05 bits per heavy atom. The van der Waals surface area contributed by atoms with E-state index in [1.807, 2.05) is 0 Å². The summed E-state index contributed by atoms with van der Waals surface area (Å²) in [7, 11) is 0. The molecular formula is C21H14ClF6N5O4. The van der Waals surface area contributed by atoms with Crippen LogP contribution in [0.1, 0.15) is 5.89 Å². The maximum atomic E-state index is 13.0. The van der Waals surface area contributed by atoms with Gasteiger partial charge >= 0.3 is 18.2 Å². The third kappa shape index (κ3) is 6.11. The SMILES string of the molecule is O=c1n(Cc2nc(-c3ccccc3OC(F)(F)F)no2)nc(-c2ccc(Cl)cc2)n1CC(O)C(F)(F)F. The topological polar surface area (TPSA) is 108 Å². The molecule has 1 atom stereocenters. The molecular weight excluding hydrogens is 536 g/mol. The molecule has 196 valence electrons. The van der Waals surface area contributed by atoms with Gasteiger partial charge in [-0.3, -0.25) is 4.57 Å². The van der Waals surface area contributed by atoms with Crippen LogP contribution in [0.3, 0.4) is 0 Å². The Kier molecular flexibility index (Phi) is 7.01. The van der Waals surface area contributed by atoms with Crippen LogP contribution in [0.5, 0.6) is 5.75 Å². The molecule has 37 heavy (non-hydrogen) atoms. The van der Waals surface area contributed by atoms with Crippen LogP contribution in [0.4, 0.5) is 26.3 Å². The van der Waals surface area contributed by atoms with E-state index in [-0.39, 0.29) is 28.7 Å². The van der Waals surface area contributed by atoms with Crippen molar-refractivity contribution in [3.63, 3.8) is 0 Å². The largest absolute Gasteiger partial charge is 0.573 e. The maximum Gasteiger partial charge on any atom is 0.573 e. The number of para-hydroxylation sites is 1. The molecule has 0 bridgehead atoms. The van der Waals surface area contributed by atoms with E-state index in [1.165, 1.54) is 42.5 Å². The van der Waals surface area contributed by atoms with E-state index in [0.717, 1.165) is 6.07 Å². The highest BCUT2D eigenvalue weighted by molar-refractivity contribution is 6.30. The van der Waals surface area contributed by atoms with Gasteiger partial charge in [0.15, 0.2) is 11.9 Å². The maximum absolute atomic E-state index is 13.0. The Morgan fingerprint density at radius 3 is 2.38 bits per heavy atom. The average molecular weight is 550 g/mol. The first-order valence-corrected chi connectivity index (χ1v) is 10.6. The van der Waals surface area contributed by atoms with Crippen molar-refractivity contribution in [1.29, 1.82) is 0 Å². The molecule has 0 aliphatic carbocycles. The van der Waals surface area contributed by atoms with Gasteiger partial charge < -0.3 is 14.4 Å². The molecule has 0 saturated carbocycles. The van der Waals surface area contributed by atoms with Gasteiger partial charge in [0.25, 0.3) is 0 Å². The minimum atomic E-state index is -5.01. The zero-order valence-electron chi connectivity index (χ0n) is 18.2. The van der Waals surface area contributed by atoms with Crippen LogP contribution in [-0.4, -0.2) is 48.2 Å². The molecule has 2 heterocycles. The second-order valence-electron chi connectivity index (χ2n) is 7.49. The van der Waals surface area contributed by atoms with Gasteiger partial charge in [0.05, 0.1) is 12.1 Å². The minimum absolute atomic E-state index is 0.164. The predicted molar refractivity (Wildman–Crippen MR) is 115 cm³/mol. The van der Waals surface area contributed by atoms with Gasteiger partial charge in [-0.1, -0.05) is 28.9 Å². The Bertz CT molecular complexity index is 1450. The fraction of sp³-hybridized carbons (Fsp3) is 0.238. The molecule has 4 aromatic rings. The summed E-state index contributed by atoms with van der Waals surface area (Å²) in [6, 6.07) is 10.7. The fourth-order valence-corrected chi connectivity index (χ4v) is 3.35. The van der Waals surface area contributed by atoms with Gasteiger partial charge in [0.2, 0.25) is 11.7 Å². The monoisotopic (exact) mass is 549 g/mol. The van der Waals surface area contributed by atoms with E-state index in [2.05, 4.69) is 20.0 Å². The van der Waals surface area contributed by atoms with Crippen molar-refractivity contribution in [2.75, 3.05) is 0 Å². The number of aliphatic hydroxyl groups is 1. The molecule has 16 heteroatoms. The van der Waals surface area contributed by atoms with Crippen LogP contribution in [0.2, 0.25) is 5.02 Å². The highest BCUT2D eigenvalue weighted by Crippen LogP contribution is 2.32. The van der Waals surface area contributed by atoms with Crippen LogP contribution in [0.25, 0.3) is 22.8 Å². The quantitative estimate of drug-likeness (QED) is 0.343. The number of hydrogen-bond acceptors (Lipinski definition) is 7. The normalized spacial score (nSPS) is 13.1. The summed E-state index contributed by atoms with van der Waals surface area (Å²) in [6.45, 7) is -1.69. The van der Waals surface area contributed by atoms with Crippen molar-refractivity contribution in [2.45, 2.75) is 31.7 Å². The summed E-state index contributed by atoms with van der Waals surface area (Å²) >= 11 is 5.84. The molecule has 0 fully saturated rings. The molecule has 2 aromatic carbocycles. The Morgan fingerprint density at radius 2 is 1.73 bits per heavy atom. The highest BCUT2D eigenvalue weighted by atomic mass is 35.5. The lowest BCUT2D eigenvalue weighted by atomic mass is 10.2. The number of hydrogen-bond donors (Lipinski definition) is 1. The lowest BCUT2D eigenvalue weighted by molar-refractivity contribution is -0.274. The van der Waals surface area contributed by atoms with Crippen molar-refractivity contribution in [1.82, 2.24) is 24.5 Å². The Hall–Kier alpha value is -3.85. The van der Waals surface area contributed by atoms with E-state index in [4.69, 9.17) is 16.1 Å². The molecule has 0 saturated heterocycles. The molecule has 1 N–H and O–H groups in total. The number of aliphatic hydroxyl groups excluding tert-OH is 1. The van der Waals surface area contributed by atoms with Crippen molar-refractivity contribution >= 4 is 11.6 Å². The third-order valence-electron chi connectivity index (χ3n) is 4.87. The van der Waals surface area contributed by atoms with E-state index in [0.29, 0.717) is 14.3 Å². The second kappa shape index (κ2) is 9.89. The third-order valence-corrected chi connectivity index (χ3v) is 5.12. The zero-order valence-corrected chi connectivity index (χ0v) is 18.9. The molecule has 0 aliphatic rings. The van der Waals surface area contributed by atoms with Crippen LogP contribution in [-0.2, 0) is 13.1 Å². The standard InChI is InChI=1S/C21H14ClF6N5O4/c22-12-7-5-11(6-8-12)18-30-33(19(35)32(18)9-15(34)20(23,24)25)10-16-29-17(31-37-16)13-3-1-2-4-14(13)36-21(26,27)28/h1-8,15,34H,9-10H2. The van der Waals surface area contributed by atoms with Crippen molar-refractivity contribution < 1.29 is 40.7 Å². The number of rotatable bonds is 7. The first kappa shape index (κ1) is 26.2. The molecule has 1 unspecified atom stereocenters. The van der Waals surface area contributed by atoms with Crippen molar-refractivity contribution in [3.8, 4) is 28.5 Å². The Labute approximate surface area is 207 Å². The molecule has 4 rings (SSSR count). The summed E-state index contributed by atoms with van der Waals surface area (Å²) in [5, 5.41) is 17.5. The molecule has 0 radical (unpaired) electrons. The van der Waals surface area contributed by atoms with Crippen LogP contribution >= 0.6 is 11.6 Å². The number of nitrogens with zero attached hydrogens (tertiary/aromatic N) is 5. The summed E-state index contributed by atoms with van der Waals surface area (Å²) in [5.74, 6) is -1.40. The second-order valence-corrected chi connectivity index (χ2v) is 7.93. The lowest BCUT2D eigenvalue weighted by Crippen LogP contribution is -2.37. The highest BCUT2D eigenvalue weighted by Gasteiger charge is 2.39. The number of alkyl halides is 6. The van der Waals surface area contributed by atoms with Gasteiger partial charge in [-0.25, -0.2) is 9.48 Å². The molecule has 2 aromatic heterocycles. The van der Waals surface area contributed by atoms with Crippen LogP contribution < -0.4 is 10.4 Å². The van der Waals surface area contributed by atoms with Gasteiger partial charge in [0.1, 0.15) is 12.3 Å². The number of ether oxygens (including phenoxy) is 1. The van der Waals surface area contributed by atoms with Gasteiger partial charge in [-0.15, -0.1) is 18.3 Å². The van der Waals surface area contributed by atoms with Gasteiger partial charge in [-0.05, 0) is 36.4 Å². The van der Waals surface area contributed by atoms with E-state index in [9.17, 15) is 36.2 Å². The average Bonchev–Trinajstić information content (AvgIpc) is 3.39. The smallest absolute Gasteiger partial charge is 0.405 e. The molecule has 0 amide bonds. The van der Waals surface area contributed by atoms with Gasteiger partial charge in [0, 0.05) is 10.6 Å². The summed E-state index contributed by atoms with van der Waals surface area (Å²) in [4.78, 5) is 16.9. The van der Waals surface area contributed by atoms with Crippen LogP contribution in [0.15, 0.2) is 57.8 Å². The van der Waals surface area contributed by atoms with Crippen molar-refractivity contribution in [3.05, 3.63) is 69.9 Å². The first-order chi connectivity index (χ1) is 17.3. The van der Waals surface area contributed by atoms with Gasteiger partial charge in [-0.2, -0.15) is 18.2 Å². The summed E-state index contributed by atoms with van der Waals surface area (Å²) < 4.78 is 87.4. The number of aromatic nitrogens is 5. The van der Waals surface area contributed by atoms with E-state index >= 15 is 0 Å². The summed E-state index contributed by atoms with van der Waals surface area (Å²) in [6.07, 6.45) is -12.9.